The molecular weight excluding hydrogens is 294 g/mol. The molecule has 2 N–H and O–H groups in total. The lowest BCUT2D eigenvalue weighted by Gasteiger charge is -2.26. The minimum absolute atomic E-state index is 0.164. The lowest BCUT2D eigenvalue weighted by Crippen LogP contribution is -2.42. The number of rotatable bonds is 4. The normalized spacial score (nSPS) is 21.8. The van der Waals surface area contributed by atoms with E-state index in [0.29, 0.717) is 25.3 Å². The van der Waals surface area contributed by atoms with Gasteiger partial charge in [0.1, 0.15) is 0 Å². The van der Waals surface area contributed by atoms with E-state index in [4.69, 9.17) is 9.47 Å². The molecule has 1 amide bonds. The lowest BCUT2D eigenvalue weighted by molar-refractivity contribution is -0.0441. The molecule has 0 aromatic heterocycles. The molecule has 1 saturated carbocycles. The maximum Gasteiger partial charge on any atom is 0.251 e. The molecule has 1 saturated heterocycles. The minimum atomic E-state index is -0.762. The standard InChI is InChI=1S/C18H25NO4/c20-16(19-13-18(21)8-3-1-2-4-9-18)14-6-5-7-15(12-14)17-22-10-11-23-17/h5-7,12,17,21H,1-4,8-11,13H2,(H,19,20). The fourth-order valence-electron chi connectivity index (χ4n) is 3.29. The summed E-state index contributed by atoms with van der Waals surface area (Å²) in [5, 5.41) is 13.5. The number of benzene rings is 1. The number of hydrogen-bond acceptors (Lipinski definition) is 4. The van der Waals surface area contributed by atoms with Gasteiger partial charge in [-0.1, -0.05) is 37.8 Å². The van der Waals surface area contributed by atoms with Crippen molar-refractivity contribution in [3.05, 3.63) is 35.4 Å². The second-order valence-corrected chi connectivity index (χ2v) is 6.52. The molecule has 3 rings (SSSR count). The zero-order valence-electron chi connectivity index (χ0n) is 13.4. The molecule has 0 radical (unpaired) electrons. The molecule has 126 valence electrons. The number of carbonyl (C=O) groups excluding carboxylic acids is 1. The van der Waals surface area contributed by atoms with Crippen molar-refractivity contribution in [3.8, 4) is 0 Å². The van der Waals surface area contributed by atoms with Gasteiger partial charge in [-0.05, 0) is 25.0 Å². The molecule has 1 aliphatic carbocycles. The van der Waals surface area contributed by atoms with Crippen molar-refractivity contribution < 1.29 is 19.4 Å². The smallest absolute Gasteiger partial charge is 0.251 e. The average molecular weight is 319 g/mol. The van der Waals surface area contributed by atoms with Crippen LogP contribution in [-0.2, 0) is 9.47 Å². The van der Waals surface area contributed by atoms with Crippen molar-refractivity contribution in [2.75, 3.05) is 19.8 Å². The van der Waals surface area contributed by atoms with Gasteiger partial charge in [0.25, 0.3) is 5.91 Å². The largest absolute Gasteiger partial charge is 0.388 e. The van der Waals surface area contributed by atoms with Crippen LogP contribution in [0.5, 0.6) is 0 Å². The molecule has 1 aromatic rings. The highest BCUT2D eigenvalue weighted by Gasteiger charge is 2.28. The second-order valence-electron chi connectivity index (χ2n) is 6.52. The first-order valence-electron chi connectivity index (χ1n) is 8.50. The molecule has 0 unspecified atom stereocenters. The Labute approximate surface area is 137 Å². The summed E-state index contributed by atoms with van der Waals surface area (Å²) >= 11 is 0. The molecule has 1 aromatic carbocycles. The van der Waals surface area contributed by atoms with Crippen molar-refractivity contribution in [1.29, 1.82) is 0 Å². The van der Waals surface area contributed by atoms with Crippen molar-refractivity contribution in [1.82, 2.24) is 5.32 Å². The fraction of sp³-hybridized carbons (Fsp3) is 0.611. The van der Waals surface area contributed by atoms with Crippen LogP contribution in [0.3, 0.4) is 0 Å². The fourth-order valence-corrected chi connectivity index (χ4v) is 3.29. The van der Waals surface area contributed by atoms with E-state index in [1.54, 1.807) is 12.1 Å². The summed E-state index contributed by atoms with van der Waals surface area (Å²) < 4.78 is 10.9. The predicted molar refractivity (Wildman–Crippen MR) is 86.1 cm³/mol. The summed E-state index contributed by atoms with van der Waals surface area (Å²) in [5.74, 6) is -0.164. The molecule has 23 heavy (non-hydrogen) atoms. The third kappa shape index (κ3) is 4.31. The quantitative estimate of drug-likeness (QED) is 0.837. The zero-order chi connectivity index (χ0) is 16.1. The maximum atomic E-state index is 12.4. The predicted octanol–water partition coefficient (Wildman–Crippen LogP) is 2.55. The maximum absolute atomic E-state index is 12.4. The molecule has 0 atom stereocenters. The van der Waals surface area contributed by atoms with Crippen LogP contribution in [0.4, 0.5) is 0 Å². The molecule has 0 spiro atoms. The van der Waals surface area contributed by atoms with Crippen LogP contribution >= 0.6 is 0 Å². The van der Waals surface area contributed by atoms with E-state index in [-0.39, 0.29) is 12.2 Å². The van der Waals surface area contributed by atoms with Gasteiger partial charge in [0.05, 0.1) is 18.8 Å². The van der Waals surface area contributed by atoms with Gasteiger partial charge in [-0.15, -0.1) is 0 Å². The highest BCUT2D eigenvalue weighted by Crippen LogP contribution is 2.27. The Morgan fingerprint density at radius 3 is 2.57 bits per heavy atom. The number of amides is 1. The Morgan fingerprint density at radius 1 is 1.17 bits per heavy atom. The Kier molecular flexibility index (Phi) is 5.30. The minimum Gasteiger partial charge on any atom is -0.388 e. The molecule has 2 aliphatic rings. The van der Waals surface area contributed by atoms with Gasteiger partial charge in [-0.3, -0.25) is 4.79 Å². The second kappa shape index (κ2) is 7.43. The highest BCUT2D eigenvalue weighted by molar-refractivity contribution is 5.94. The molecule has 5 nitrogen and oxygen atoms in total. The van der Waals surface area contributed by atoms with Crippen molar-refractivity contribution >= 4 is 5.91 Å². The Bertz CT molecular complexity index is 532. The molecule has 1 aliphatic heterocycles. The first-order chi connectivity index (χ1) is 11.2. The lowest BCUT2D eigenvalue weighted by atomic mass is 9.94. The summed E-state index contributed by atoms with van der Waals surface area (Å²) in [5.41, 5.74) is 0.656. The van der Waals surface area contributed by atoms with Crippen LogP contribution in [0.15, 0.2) is 24.3 Å². The van der Waals surface area contributed by atoms with Gasteiger partial charge >= 0.3 is 0 Å². The number of ether oxygens (including phenoxy) is 2. The summed E-state index contributed by atoms with van der Waals surface area (Å²) in [6.07, 6.45) is 5.53. The van der Waals surface area contributed by atoms with E-state index in [2.05, 4.69) is 5.32 Å². The van der Waals surface area contributed by atoms with Gasteiger partial charge < -0.3 is 19.9 Å². The Balaban J connectivity index is 1.60. The van der Waals surface area contributed by atoms with Crippen LogP contribution in [0.25, 0.3) is 0 Å². The van der Waals surface area contributed by atoms with E-state index >= 15 is 0 Å². The number of hydrogen-bond donors (Lipinski definition) is 2. The Hall–Kier alpha value is -1.43. The summed E-state index contributed by atoms with van der Waals surface area (Å²) in [7, 11) is 0. The summed E-state index contributed by atoms with van der Waals surface area (Å²) in [6, 6.07) is 7.29. The van der Waals surface area contributed by atoms with Gasteiger partial charge in [-0.2, -0.15) is 0 Å². The van der Waals surface area contributed by atoms with Gasteiger partial charge in [0.2, 0.25) is 0 Å². The van der Waals surface area contributed by atoms with Crippen molar-refractivity contribution in [2.45, 2.75) is 50.4 Å². The third-order valence-electron chi connectivity index (χ3n) is 4.66. The summed E-state index contributed by atoms with van der Waals surface area (Å²) in [6.45, 7) is 1.47. The van der Waals surface area contributed by atoms with Crippen LogP contribution in [0.2, 0.25) is 0 Å². The van der Waals surface area contributed by atoms with Gasteiger partial charge in [0, 0.05) is 17.7 Å². The number of nitrogens with one attached hydrogen (secondary N) is 1. The SMILES string of the molecule is O=C(NCC1(O)CCCCCC1)c1cccc(C2OCCO2)c1. The van der Waals surface area contributed by atoms with Crippen LogP contribution in [0.1, 0.15) is 60.7 Å². The van der Waals surface area contributed by atoms with Gasteiger partial charge in [0.15, 0.2) is 6.29 Å². The average Bonchev–Trinajstić information content (AvgIpc) is 3.02. The molecule has 5 heteroatoms. The highest BCUT2D eigenvalue weighted by atomic mass is 16.7. The van der Waals surface area contributed by atoms with E-state index < -0.39 is 5.60 Å². The summed E-state index contributed by atoms with van der Waals surface area (Å²) in [4.78, 5) is 12.4. The van der Waals surface area contributed by atoms with Crippen molar-refractivity contribution in [2.24, 2.45) is 0 Å². The van der Waals surface area contributed by atoms with Crippen LogP contribution < -0.4 is 5.32 Å². The van der Waals surface area contributed by atoms with E-state index in [9.17, 15) is 9.90 Å². The van der Waals surface area contributed by atoms with Gasteiger partial charge in [-0.25, -0.2) is 0 Å². The van der Waals surface area contributed by atoms with E-state index in [1.807, 2.05) is 12.1 Å². The molecule has 1 heterocycles. The number of aliphatic hydroxyl groups is 1. The first-order valence-corrected chi connectivity index (χ1v) is 8.50. The van der Waals surface area contributed by atoms with Crippen molar-refractivity contribution in [3.63, 3.8) is 0 Å². The molecular formula is C18H25NO4. The molecule has 2 fully saturated rings. The molecule has 0 bridgehead atoms. The van der Waals surface area contributed by atoms with E-state index in [1.165, 1.54) is 12.8 Å². The monoisotopic (exact) mass is 319 g/mol. The Morgan fingerprint density at radius 2 is 1.87 bits per heavy atom. The first kappa shape index (κ1) is 16.4. The third-order valence-corrected chi connectivity index (χ3v) is 4.66. The van der Waals surface area contributed by atoms with Crippen LogP contribution in [-0.4, -0.2) is 36.4 Å². The zero-order valence-corrected chi connectivity index (χ0v) is 13.4. The van der Waals surface area contributed by atoms with E-state index in [0.717, 1.165) is 31.2 Å². The topological polar surface area (TPSA) is 67.8 Å². The number of carbonyl (C=O) groups is 1. The van der Waals surface area contributed by atoms with Crippen LogP contribution in [0, 0.1) is 0 Å².